The number of piperidine rings is 1. The third kappa shape index (κ3) is 1.36. The highest BCUT2D eigenvalue weighted by Crippen LogP contribution is 2.71. The van der Waals surface area contributed by atoms with E-state index in [2.05, 4.69) is 17.0 Å². The van der Waals surface area contributed by atoms with Crippen molar-refractivity contribution >= 4 is 0 Å². The Morgan fingerprint density at radius 2 is 2.16 bits per heavy atom. The minimum atomic E-state index is -0.0138. The fourth-order valence-corrected chi connectivity index (χ4v) is 7.19. The Kier molecular flexibility index (Phi) is 2.32. The highest BCUT2D eigenvalue weighted by atomic mass is 16.6. The van der Waals surface area contributed by atoms with Crippen molar-refractivity contribution in [2.75, 3.05) is 20.2 Å². The minimum absolute atomic E-state index is 0.0138. The third-order valence-electron chi connectivity index (χ3n) is 8.23. The largest absolute Gasteiger partial charge is 0.493 e. The van der Waals surface area contributed by atoms with E-state index in [1.165, 1.54) is 49.9 Å². The number of likely N-dealkylation sites (tertiary alicyclic amines) is 1. The first-order chi connectivity index (χ1) is 12.3. The second kappa shape index (κ2) is 4.17. The molecular weight excluding hydrogens is 314 g/mol. The van der Waals surface area contributed by atoms with Crippen molar-refractivity contribution in [1.29, 1.82) is 0 Å². The van der Waals surface area contributed by atoms with Crippen LogP contribution < -0.4 is 9.47 Å². The van der Waals surface area contributed by atoms with Gasteiger partial charge < -0.3 is 14.2 Å². The summed E-state index contributed by atoms with van der Waals surface area (Å²) in [6.45, 7) is 2.48. The standard InChI is InChI=1S/C21H25NO3/c1-23-14-5-4-13-10-16-21-7-6-15(25-21)19-20(21,17(13)18(14)24-19)8-9-22(16)11-12-2-3-12/h4-5,12,15-16,19H,2-3,6-11H2,1H3/t15-,16?,19?,20+,21-/m0/s1. The van der Waals surface area contributed by atoms with Gasteiger partial charge >= 0.3 is 0 Å². The second-order valence-electron chi connectivity index (χ2n) is 9.13. The molecule has 4 heteroatoms. The van der Waals surface area contributed by atoms with Crippen molar-refractivity contribution in [2.24, 2.45) is 5.92 Å². The number of ether oxygens (including phenoxy) is 3. The molecule has 4 aliphatic heterocycles. The molecule has 0 amide bonds. The van der Waals surface area contributed by atoms with Crippen LogP contribution in [0.15, 0.2) is 12.1 Å². The summed E-state index contributed by atoms with van der Waals surface area (Å²) in [4.78, 5) is 2.79. The van der Waals surface area contributed by atoms with Crippen molar-refractivity contribution < 1.29 is 14.2 Å². The molecule has 7 rings (SSSR count). The lowest BCUT2D eigenvalue weighted by Gasteiger charge is -2.59. The Labute approximate surface area is 148 Å². The molecule has 2 unspecified atom stereocenters. The van der Waals surface area contributed by atoms with Crippen LogP contribution in [0.1, 0.15) is 43.2 Å². The summed E-state index contributed by atoms with van der Waals surface area (Å²) >= 11 is 0. The van der Waals surface area contributed by atoms with Crippen LogP contribution in [0.25, 0.3) is 0 Å². The van der Waals surface area contributed by atoms with Gasteiger partial charge in [-0.05, 0) is 62.6 Å². The Morgan fingerprint density at radius 1 is 1.24 bits per heavy atom. The zero-order valence-corrected chi connectivity index (χ0v) is 14.8. The molecular formula is C21H25NO3. The lowest BCUT2D eigenvalue weighted by molar-refractivity contribution is -0.122. The monoisotopic (exact) mass is 339 g/mol. The Hall–Kier alpha value is -1.26. The van der Waals surface area contributed by atoms with Crippen LogP contribution in [0.5, 0.6) is 11.5 Å². The molecule has 0 N–H and O–H groups in total. The van der Waals surface area contributed by atoms with Gasteiger partial charge in [0.15, 0.2) is 11.5 Å². The topological polar surface area (TPSA) is 30.9 Å². The van der Waals surface area contributed by atoms with Crippen molar-refractivity contribution in [3.05, 3.63) is 23.3 Å². The van der Waals surface area contributed by atoms with Gasteiger partial charge in [0.05, 0.1) is 24.2 Å². The summed E-state index contributed by atoms with van der Waals surface area (Å²) in [5, 5.41) is 0. The molecule has 5 atom stereocenters. The molecule has 1 aromatic rings. The molecule has 1 aromatic carbocycles. The van der Waals surface area contributed by atoms with E-state index in [1.807, 2.05) is 0 Å². The first-order valence-electron chi connectivity index (χ1n) is 10.1. The van der Waals surface area contributed by atoms with Crippen LogP contribution in [0.3, 0.4) is 0 Å². The van der Waals surface area contributed by atoms with E-state index in [4.69, 9.17) is 14.2 Å². The number of nitrogens with zero attached hydrogens (tertiary/aromatic N) is 1. The average Bonchev–Trinajstić information content (AvgIpc) is 3.11. The summed E-state index contributed by atoms with van der Waals surface area (Å²) in [7, 11) is 1.76. The quantitative estimate of drug-likeness (QED) is 0.847. The lowest BCUT2D eigenvalue weighted by atomic mass is 9.51. The summed E-state index contributed by atoms with van der Waals surface area (Å²) in [6.07, 6.45) is 7.99. The fraction of sp³-hybridized carbons (Fsp3) is 0.714. The van der Waals surface area contributed by atoms with Crippen LogP contribution >= 0.6 is 0 Å². The first-order valence-corrected chi connectivity index (χ1v) is 10.1. The smallest absolute Gasteiger partial charge is 0.166 e. The van der Waals surface area contributed by atoms with Gasteiger partial charge in [-0.15, -0.1) is 0 Å². The number of methoxy groups -OCH3 is 1. The Morgan fingerprint density at radius 3 is 3.00 bits per heavy atom. The van der Waals surface area contributed by atoms with Gasteiger partial charge in [-0.2, -0.15) is 0 Å². The number of benzene rings is 1. The lowest BCUT2D eigenvalue weighted by Crippen LogP contribution is -2.71. The summed E-state index contributed by atoms with van der Waals surface area (Å²) in [5.74, 6) is 2.89. The molecule has 4 nitrogen and oxygen atoms in total. The van der Waals surface area contributed by atoms with Gasteiger partial charge in [0.25, 0.3) is 0 Å². The maximum atomic E-state index is 6.83. The molecule has 2 aliphatic carbocycles. The molecule has 1 saturated carbocycles. The van der Waals surface area contributed by atoms with Crippen LogP contribution in [-0.4, -0.2) is 49.0 Å². The molecule has 4 heterocycles. The molecule has 0 radical (unpaired) electrons. The number of hydrogen-bond acceptors (Lipinski definition) is 4. The van der Waals surface area contributed by atoms with Gasteiger partial charge in [-0.3, -0.25) is 4.90 Å². The van der Waals surface area contributed by atoms with Crippen LogP contribution in [0, 0.1) is 5.92 Å². The molecule has 0 aromatic heterocycles. The minimum Gasteiger partial charge on any atom is -0.493 e. The number of fused-ring (bicyclic) bond motifs is 2. The highest BCUT2D eigenvalue weighted by molar-refractivity contribution is 5.64. The van der Waals surface area contributed by atoms with Crippen LogP contribution in [-0.2, 0) is 16.6 Å². The van der Waals surface area contributed by atoms with Crippen molar-refractivity contribution in [3.63, 3.8) is 0 Å². The van der Waals surface area contributed by atoms with Gasteiger partial charge in [-0.25, -0.2) is 0 Å². The van der Waals surface area contributed by atoms with E-state index >= 15 is 0 Å². The fourth-order valence-electron chi connectivity index (χ4n) is 7.19. The van der Waals surface area contributed by atoms with E-state index < -0.39 is 0 Å². The SMILES string of the molecule is COc1ccc2c3c1OC1[C@@H]4CC[C@]5(O4)C(C2)N(CC2CC2)CC[C@@]315. The number of hydrogen-bond donors (Lipinski definition) is 0. The molecule has 132 valence electrons. The molecule has 4 fully saturated rings. The molecule has 4 bridgehead atoms. The number of rotatable bonds is 3. The molecule has 2 spiro atoms. The van der Waals surface area contributed by atoms with Crippen LogP contribution in [0.2, 0.25) is 0 Å². The zero-order chi connectivity index (χ0) is 16.4. The highest BCUT2D eigenvalue weighted by Gasteiger charge is 2.79. The Balaban J connectivity index is 1.46. The van der Waals surface area contributed by atoms with Crippen LogP contribution in [0.4, 0.5) is 0 Å². The van der Waals surface area contributed by atoms with Crippen molar-refractivity contribution in [2.45, 2.75) is 67.8 Å². The third-order valence-corrected chi connectivity index (χ3v) is 8.23. The first kappa shape index (κ1) is 13.9. The van der Waals surface area contributed by atoms with Gasteiger partial charge in [0.2, 0.25) is 0 Å². The maximum Gasteiger partial charge on any atom is 0.166 e. The summed E-state index contributed by atoms with van der Waals surface area (Å²) in [6, 6.07) is 4.96. The van der Waals surface area contributed by atoms with Gasteiger partial charge in [0, 0.05) is 18.2 Å². The summed E-state index contributed by atoms with van der Waals surface area (Å²) in [5.41, 5.74) is 3.02. The van der Waals surface area contributed by atoms with E-state index in [9.17, 15) is 0 Å². The second-order valence-corrected chi connectivity index (χ2v) is 9.13. The normalized spacial score (nSPS) is 45.4. The predicted octanol–water partition coefficient (Wildman–Crippen LogP) is 2.67. The predicted molar refractivity (Wildman–Crippen MR) is 92.3 cm³/mol. The van der Waals surface area contributed by atoms with Gasteiger partial charge in [-0.1, -0.05) is 6.07 Å². The zero-order valence-electron chi connectivity index (χ0n) is 14.8. The molecule has 6 aliphatic rings. The van der Waals surface area contributed by atoms with E-state index in [0.717, 1.165) is 30.3 Å². The van der Waals surface area contributed by atoms with Crippen molar-refractivity contribution in [1.82, 2.24) is 4.90 Å². The summed E-state index contributed by atoms with van der Waals surface area (Å²) < 4.78 is 19.1. The van der Waals surface area contributed by atoms with Crippen molar-refractivity contribution in [3.8, 4) is 11.5 Å². The average molecular weight is 339 g/mol. The molecule has 3 saturated heterocycles. The van der Waals surface area contributed by atoms with Gasteiger partial charge in [0.1, 0.15) is 6.10 Å². The Bertz CT molecular complexity index is 790. The van der Waals surface area contributed by atoms with E-state index in [1.54, 1.807) is 7.11 Å². The van der Waals surface area contributed by atoms with E-state index in [0.29, 0.717) is 6.04 Å². The maximum absolute atomic E-state index is 6.83. The van der Waals surface area contributed by atoms with E-state index in [-0.39, 0.29) is 23.2 Å². The molecule has 25 heavy (non-hydrogen) atoms.